The molecule has 1 aromatic carbocycles. The molecule has 0 radical (unpaired) electrons. The van der Waals surface area contributed by atoms with E-state index in [1.165, 1.54) is 4.31 Å². The second-order valence-corrected chi connectivity index (χ2v) is 7.67. The smallest absolute Gasteiger partial charge is 0.218 e. The molecule has 1 unspecified atom stereocenters. The van der Waals surface area contributed by atoms with Gasteiger partial charge in [0.15, 0.2) is 0 Å². The van der Waals surface area contributed by atoms with E-state index in [2.05, 4.69) is 21.2 Å². The van der Waals surface area contributed by atoms with E-state index >= 15 is 0 Å². The molecule has 1 N–H and O–H groups in total. The minimum Gasteiger partial charge on any atom is -0.318 e. The van der Waals surface area contributed by atoms with Gasteiger partial charge in [-0.15, -0.1) is 0 Å². The molecular weight excluding hydrogens is 316 g/mol. The number of halogens is 1. The highest BCUT2D eigenvalue weighted by Gasteiger charge is 2.25. The highest BCUT2D eigenvalue weighted by molar-refractivity contribution is 9.10. The fraction of sp³-hybridized carbons (Fsp3) is 0.500. The Balaban J connectivity index is 2.75. The molecule has 0 saturated heterocycles. The molecular formula is C12H19BrN2O2S. The largest absolute Gasteiger partial charge is 0.318 e. The Labute approximate surface area is 118 Å². The predicted molar refractivity (Wildman–Crippen MR) is 77.9 cm³/mol. The minimum atomic E-state index is -3.25. The van der Waals surface area contributed by atoms with E-state index in [4.69, 9.17) is 0 Å². The van der Waals surface area contributed by atoms with Crippen molar-refractivity contribution in [2.24, 2.45) is 0 Å². The highest BCUT2D eigenvalue weighted by Crippen LogP contribution is 2.14. The first kappa shape index (κ1) is 15.6. The third-order valence-corrected chi connectivity index (χ3v) is 5.46. The van der Waals surface area contributed by atoms with Crippen LogP contribution in [0.2, 0.25) is 0 Å². The van der Waals surface area contributed by atoms with Crippen LogP contribution in [0.3, 0.4) is 0 Å². The second-order valence-electron chi connectivity index (χ2n) is 4.30. The van der Waals surface area contributed by atoms with Crippen LogP contribution in [0.25, 0.3) is 0 Å². The fourth-order valence-corrected chi connectivity index (χ4v) is 3.22. The Bertz CT molecular complexity index is 473. The summed E-state index contributed by atoms with van der Waals surface area (Å²) in [6.45, 7) is 2.56. The van der Waals surface area contributed by atoms with Gasteiger partial charge in [-0.05, 0) is 31.7 Å². The number of nitrogens with zero attached hydrogens (tertiary/aromatic N) is 1. The summed E-state index contributed by atoms with van der Waals surface area (Å²) in [6.07, 6.45) is 0. The van der Waals surface area contributed by atoms with Crippen molar-refractivity contribution in [2.45, 2.75) is 18.7 Å². The molecule has 0 spiro atoms. The average Bonchev–Trinajstić information content (AvgIpc) is 2.32. The van der Waals surface area contributed by atoms with Crippen molar-refractivity contribution < 1.29 is 8.42 Å². The quantitative estimate of drug-likeness (QED) is 0.863. The molecule has 1 aromatic rings. The van der Waals surface area contributed by atoms with Crippen molar-refractivity contribution in [1.29, 1.82) is 0 Å². The number of hydrogen-bond acceptors (Lipinski definition) is 3. The average molecular weight is 335 g/mol. The predicted octanol–water partition coefficient (Wildman–Crippen LogP) is 1.82. The molecule has 0 heterocycles. The van der Waals surface area contributed by atoms with E-state index in [-0.39, 0.29) is 0 Å². The van der Waals surface area contributed by atoms with E-state index in [0.717, 1.165) is 10.0 Å². The summed E-state index contributed by atoms with van der Waals surface area (Å²) in [6, 6.07) is 7.65. The van der Waals surface area contributed by atoms with Crippen molar-refractivity contribution in [1.82, 2.24) is 9.62 Å². The number of sulfonamides is 1. The summed E-state index contributed by atoms with van der Waals surface area (Å²) in [5.41, 5.74) is 0.973. The Hall–Kier alpha value is -0.430. The minimum absolute atomic E-state index is 0.393. The van der Waals surface area contributed by atoms with Gasteiger partial charge < -0.3 is 5.32 Å². The van der Waals surface area contributed by atoms with Crippen molar-refractivity contribution in [3.8, 4) is 0 Å². The lowest BCUT2D eigenvalue weighted by Crippen LogP contribution is -2.38. The maximum Gasteiger partial charge on any atom is 0.218 e. The zero-order valence-corrected chi connectivity index (χ0v) is 13.3. The third kappa shape index (κ3) is 4.05. The van der Waals surface area contributed by atoms with Gasteiger partial charge in [0.25, 0.3) is 0 Å². The fourth-order valence-electron chi connectivity index (χ4n) is 1.64. The summed E-state index contributed by atoms with van der Waals surface area (Å²) >= 11 is 3.35. The van der Waals surface area contributed by atoms with Crippen LogP contribution < -0.4 is 5.32 Å². The molecule has 0 aliphatic heterocycles. The van der Waals surface area contributed by atoms with Crippen molar-refractivity contribution in [2.75, 3.05) is 20.6 Å². The number of benzene rings is 1. The molecule has 0 fully saturated rings. The first-order chi connectivity index (χ1) is 8.37. The molecule has 0 amide bonds. The van der Waals surface area contributed by atoms with E-state index in [1.807, 2.05) is 24.3 Å². The van der Waals surface area contributed by atoms with Gasteiger partial charge in [-0.3, -0.25) is 0 Å². The van der Waals surface area contributed by atoms with E-state index in [1.54, 1.807) is 21.0 Å². The summed E-state index contributed by atoms with van der Waals surface area (Å²) < 4.78 is 26.7. The molecule has 0 saturated carbocycles. The van der Waals surface area contributed by atoms with Crippen molar-refractivity contribution >= 4 is 26.0 Å². The summed E-state index contributed by atoms with van der Waals surface area (Å²) in [4.78, 5) is 0. The topological polar surface area (TPSA) is 49.4 Å². The maximum absolute atomic E-state index is 12.2. The van der Waals surface area contributed by atoms with Crippen LogP contribution in [0.1, 0.15) is 12.5 Å². The van der Waals surface area contributed by atoms with Gasteiger partial charge in [0.1, 0.15) is 0 Å². The molecule has 1 rings (SSSR count). The molecule has 0 bridgehead atoms. The van der Waals surface area contributed by atoms with Crippen molar-refractivity contribution in [3.63, 3.8) is 0 Å². The van der Waals surface area contributed by atoms with Gasteiger partial charge in [-0.1, -0.05) is 28.1 Å². The lowest BCUT2D eigenvalue weighted by Gasteiger charge is -2.21. The first-order valence-electron chi connectivity index (χ1n) is 5.72. The van der Waals surface area contributed by atoms with Crippen LogP contribution in [0.15, 0.2) is 28.7 Å². The van der Waals surface area contributed by atoms with E-state index in [9.17, 15) is 8.42 Å². The molecule has 6 heteroatoms. The zero-order chi connectivity index (χ0) is 13.8. The van der Waals surface area contributed by atoms with Crippen LogP contribution in [0.5, 0.6) is 0 Å². The SMILES string of the molecule is CNCC(C)S(=O)(=O)N(C)Cc1ccc(Br)cc1. The molecule has 0 aliphatic rings. The zero-order valence-electron chi connectivity index (χ0n) is 10.9. The maximum atomic E-state index is 12.2. The highest BCUT2D eigenvalue weighted by atomic mass is 79.9. The van der Waals surface area contributed by atoms with Gasteiger partial charge in [-0.25, -0.2) is 12.7 Å². The van der Waals surface area contributed by atoms with Gasteiger partial charge in [0.05, 0.1) is 5.25 Å². The van der Waals surface area contributed by atoms with Crippen LogP contribution in [0.4, 0.5) is 0 Å². The monoisotopic (exact) mass is 334 g/mol. The van der Waals surface area contributed by atoms with Crippen molar-refractivity contribution in [3.05, 3.63) is 34.3 Å². The number of hydrogen-bond donors (Lipinski definition) is 1. The normalized spacial score (nSPS) is 13.8. The Morgan fingerprint density at radius 2 is 1.89 bits per heavy atom. The number of rotatable bonds is 6. The van der Waals surface area contributed by atoms with Gasteiger partial charge >= 0.3 is 0 Å². The van der Waals surface area contributed by atoms with Crippen LogP contribution in [-0.4, -0.2) is 38.6 Å². The van der Waals surface area contributed by atoms with E-state index in [0.29, 0.717) is 13.1 Å². The van der Waals surface area contributed by atoms with Crippen LogP contribution in [-0.2, 0) is 16.6 Å². The lowest BCUT2D eigenvalue weighted by atomic mass is 10.2. The first-order valence-corrected chi connectivity index (χ1v) is 8.01. The lowest BCUT2D eigenvalue weighted by molar-refractivity contribution is 0.455. The summed E-state index contributed by atoms with van der Waals surface area (Å²) in [5, 5.41) is 2.46. The van der Waals surface area contributed by atoms with E-state index < -0.39 is 15.3 Å². The Kier molecular flexibility index (Phi) is 5.78. The molecule has 1 atom stereocenters. The number of nitrogens with one attached hydrogen (secondary N) is 1. The molecule has 102 valence electrons. The Morgan fingerprint density at radius 3 is 2.39 bits per heavy atom. The van der Waals surface area contributed by atoms with Crippen LogP contribution >= 0.6 is 15.9 Å². The van der Waals surface area contributed by atoms with Gasteiger partial charge in [0.2, 0.25) is 10.0 Å². The summed E-state index contributed by atoms with van der Waals surface area (Å²) in [5.74, 6) is 0. The van der Waals surface area contributed by atoms with Gasteiger partial charge in [0, 0.05) is 24.6 Å². The van der Waals surface area contributed by atoms with Gasteiger partial charge in [-0.2, -0.15) is 0 Å². The summed E-state index contributed by atoms with van der Waals surface area (Å²) in [7, 11) is 0.115. The molecule has 0 aromatic heterocycles. The standard InChI is InChI=1S/C12H19BrN2O2S/c1-10(8-14-2)18(16,17)15(3)9-11-4-6-12(13)7-5-11/h4-7,10,14H,8-9H2,1-3H3. The second kappa shape index (κ2) is 6.65. The Morgan fingerprint density at radius 1 is 1.33 bits per heavy atom. The molecule has 18 heavy (non-hydrogen) atoms. The molecule has 0 aliphatic carbocycles. The third-order valence-electron chi connectivity index (χ3n) is 2.75. The van der Waals surface area contributed by atoms with Crippen LogP contribution in [0, 0.1) is 0 Å². The molecule has 4 nitrogen and oxygen atoms in total.